The number of hydrogen-bond acceptors (Lipinski definition) is 8. The van der Waals surface area contributed by atoms with Gasteiger partial charge in [-0.15, -0.1) is 0 Å². The first-order chi connectivity index (χ1) is 19.8. The molecule has 0 radical (unpaired) electrons. The smallest absolute Gasteiger partial charge is 0.357 e. The van der Waals surface area contributed by atoms with Crippen molar-refractivity contribution in [2.45, 2.75) is 0 Å². The van der Waals surface area contributed by atoms with Crippen molar-refractivity contribution >= 4 is 44.3 Å². The van der Waals surface area contributed by atoms with Crippen LogP contribution in [0.1, 0.15) is 0 Å². The minimum atomic E-state index is 0. The fourth-order valence-electron chi connectivity index (χ4n) is 5.21. The fraction of sp³-hybridized carbons (Fsp3) is 0. The van der Waals surface area contributed by atoms with Crippen molar-refractivity contribution in [3.8, 4) is 45.7 Å². The molecule has 0 amide bonds. The van der Waals surface area contributed by atoms with Crippen LogP contribution in [0.4, 0.5) is 0 Å². The zero-order chi connectivity index (χ0) is 26.2. The molecule has 11 heteroatoms. The largest absolute Gasteiger partial charge is 2.00 e. The molecular weight excluding hydrogens is 556 g/mol. The molecule has 0 saturated carbocycles. The second kappa shape index (κ2) is 8.82. The zero-order valence-electron chi connectivity index (χ0n) is 20.9. The maximum Gasteiger partial charge on any atom is 2.00 e. The van der Waals surface area contributed by atoms with Crippen molar-refractivity contribution in [2.24, 2.45) is 0 Å². The maximum absolute atomic E-state index is 4.92. The monoisotopic (exact) mass is 570 g/mol. The standard InChI is InChI=1S/C30H14N10.Fe/c1-2-8-16-15(7-1)23-33-24-17-9-3-4-10-18(17)26(35-24)37-29-22-20(12-6-14-32-22)28(39-29)40-30-21-19(11-5-13-31-21)27(38-30)36-25(16)34-23;/h1-14H;/q-2;+2. The van der Waals surface area contributed by atoms with Gasteiger partial charge in [-0.2, -0.15) is 0 Å². The van der Waals surface area contributed by atoms with Crippen LogP contribution in [0.3, 0.4) is 0 Å². The van der Waals surface area contributed by atoms with Gasteiger partial charge < -0.3 is 29.9 Å². The summed E-state index contributed by atoms with van der Waals surface area (Å²) in [4.78, 5) is 47.9. The molecule has 8 bridgehead atoms. The number of hydrogen-bond donors (Lipinski definition) is 0. The summed E-state index contributed by atoms with van der Waals surface area (Å²) in [5.41, 5.74) is 5.64. The molecule has 0 atom stereocenters. The molecule has 10 nitrogen and oxygen atoms in total. The van der Waals surface area contributed by atoms with Gasteiger partial charge in [0.25, 0.3) is 0 Å². The Bertz CT molecular complexity index is 2040. The number of benzene rings is 2. The van der Waals surface area contributed by atoms with Gasteiger partial charge in [-0.25, -0.2) is 9.97 Å². The third kappa shape index (κ3) is 3.50. The van der Waals surface area contributed by atoms with Crippen LogP contribution in [-0.4, -0.2) is 39.9 Å². The Morgan fingerprint density at radius 1 is 0.415 bits per heavy atom. The summed E-state index contributed by atoms with van der Waals surface area (Å²) in [7, 11) is 0. The summed E-state index contributed by atoms with van der Waals surface area (Å²) >= 11 is 0. The van der Waals surface area contributed by atoms with Crippen LogP contribution in [0.15, 0.2) is 85.2 Å². The number of fused-ring (bicyclic) bond motifs is 20. The quantitative estimate of drug-likeness (QED) is 0.232. The second-order valence-corrected chi connectivity index (χ2v) is 9.37. The number of pyridine rings is 2. The van der Waals surface area contributed by atoms with Crippen LogP contribution in [0.2, 0.25) is 0 Å². The van der Waals surface area contributed by atoms with Crippen molar-refractivity contribution in [3.63, 3.8) is 0 Å². The fourth-order valence-corrected chi connectivity index (χ4v) is 5.21. The van der Waals surface area contributed by atoms with Crippen molar-refractivity contribution in [1.82, 2.24) is 49.8 Å². The number of rotatable bonds is 0. The van der Waals surface area contributed by atoms with Gasteiger partial charge in [0.05, 0.1) is 23.0 Å². The molecule has 5 aromatic heterocycles. The van der Waals surface area contributed by atoms with Crippen molar-refractivity contribution in [1.29, 1.82) is 0 Å². The van der Waals surface area contributed by atoms with Gasteiger partial charge in [0.15, 0.2) is 0 Å². The van der Waals surface area contributed by atoms with Gasteiger partial charge in [-0.3, -0.25) is 9.97 Å². The minimum absolute atomic E-state index is 0. The van der Waals surface area contributed by atoms with E-state index < -0.39 is 0 Å². The summed E-state index contributed by atoms with van der Waals surface area (Å²) in [6.45, 7) is 0. The Morgan fingerprint density at radius 3 is 1.66 bits per heavy atom. The number of nitrogens with zero attached hydrogens (tertiary/aromatic N) is 10. The maximum atomic E-state index is 4.92. The normalized spacial score (nSPS) is 11.7. The topological polar surface area (TPSA) is 131 Å². The zero-order valence-corrected chi connectivity index (χ0v) is 22.0. The predicted octanol–water partition coefficient (Wildman–Crippen LogP) is 4.91. The van der Waals surface area contributed by atoms with Gasteiger partial charge in [-0.1, -0.05) is 54.6 Å². The van der Waals surface area contributed by atoms with Crippen molar-refractivity contribution in [3.05, 3.63) is 85.2 Å². The Balaban J connectivity index is 0.00000256. The van der Waals surface area contributed by atoms with E-state index in [1.807, 2.05) is 72.8 Å². The van der Waals surface area contributed by atoms with Gasteiger partial charge >= 0.3 is 17.1 Å². The molecule has 0 N–H and O–H groups in total. The summed E-state index contributed by atoms with van der Waals surface area (Å²) in [6.07, 6.45) is 3.43. The van der Waals surface area contributed by atoms with Gasteiger partial charge in [0, 0.05) is 57.1 Å². The molecule has 7 heterocycles. The van der Waals surface area contributed by atoms with Crippen LogP contribution in [-0.2, 0) is 17.1 Å². The summed E-state index contributed by atoms with van der Waals surface area (Å²) in [6, 6.07) is 23.3. The number of aromatic nitrogens is 10. The molecule has 0 unspecified atom stereocenters. The molecule has 0 fully saturated rings. The summed E-state index contributed by atoms with van der Waals surface area (Å²) in [5.74, 6) is 1.91. The molecule has 0 aliphatic carbocycles. The van der Waals surface area contributed by atoms with E-state index in [1.165, 1.54) is 0 Å². The summed E-state index contributed by atoms with van der Waals surface area (Å²) in [5, 5.41) is 2.49. The van der Waals surface area contributed by atoms with Crippen LogP contribution >= 0.6 is 0 Å². The SMILES string of the molecule is [Fe+2].c1ccc2c(c1)-c1nc-2nc2[n-]c(nc3nc(nc4[n-]c(n1)c1ccccc41)-c1cccnc1-3)c1cccnc21. The molecule has 2 aliphatic rings. The van der Waals surface area contributed by atoms with Crippen LogP contribution in [0.25, 0.3) is 89.9 Å². The third-order valence-corrected chi connectivity index (χ3v) is 7.03. The average molecular weight is 570 g/mol. The first-order valence-electron chi connectivity index (χ1n) is 12.6. The molecule has 192 valence electrons. The van der Waals surface area contributed by atoms with E-state index in [1.54, 1.807) is 12.4 Å². The Kier molecular flexibility index (Phi) is 5.05. The van der Waals surface area contributed by atoms with Gasteiger partial charge in [0.2, 0.25) is 0 Å². The van der Waals surface area contributed by atoms with Crippen LogP contribution in [0.5, 0.6) is 0 Å². The van der Waals surface area contributed by atoms with Crippen LogP contribution in [0, 0.1) is 0 Å². The van der Waals surface area contributed by atoms with E-state index in [-0.39, 0.29) is 17.1 Å². The first kappa shape index (κ1) is 23.5. The molecule has 9 rings (SSSR count). The van der Waals surface area contributed by atoms with Crippen molar-refractivity contribution in [2.75, 3.05) is 0 Å². The molecular formula is C30H14FeN10. The first-order valence-corrected chi connectivity index (χ1v) is 12.6. The molecule has 41 heavy (non-hydrogen) atoms. The van der Waals surface area contributed by atoms with Gasteiger partial charge in [0.1, 0.15) is 11.5 Å². The Hall–Kier alpha value is -5.38. The van der Waals surface area contributed by atoms with Gasteiger partial charge in [-0.05, 0) is 29.0 Å². The van der Waals surface area contributed by atoms with E-state index in [9.17, 15) is 0 Å². The Labute approximate surface area is 241 Å². The second-order valence-electron chi connectivity index (χ2n) is 9.37. The van der Waals surface area contributed by atoms with E-state index in [0.29, 0.717) is 57.1 Å². The van der Waals surface area contributed by atoms with Crippen LogP contribution < -0.4 is 9.97 Å². The van der Waals surface area contributed by atoms with E-state index >= 15 is 0 Å². The Morgan fingerprint density at radius 2 is 0.902 bits per heavy atom. The van der Waals surface area contributed by atoms with Crippen molar-refractivity contribution < 1.29 is 17.1 Å². The molecule has 2 aromatic carbocycles. The average Bonchev–Trinajstić information content (AvgIpc) is 3.73. The predicted molar refractivity (Wildman–Crippen MR) is 150 cm³/mol. The van der Waals surface area contributed by atoms with E-state index in [4.69, 9.17) is 39.9 Å². The third-order valence-electron chi connectivity index (χ3n) is 7.03. The molecule has 7 aromatic rings. The molecule has 2 aliphatic heterocycles. The summed E-state index contributed by atoms with van der Waals surface area (Å²) < 4.78 is 0. The minimum Gasteiger partial charge on any atom is -0.357 e. The molecule has 0 spiro atoms. The molecule has 0 saturated heterocycles. The van der Waals surface area contributed by atoms with E-state index in [2.05, 4.69) is 9.97 Å². The van der Waals surface area contributed by atoms with E-state index in [0.717, 1.165) is 32.8 Å².